The first kappa shape index (κ1) is 30.7. The Bertz CT molecular complexity index is 1310. The molecule has 1 saturated heterocycles. The fraction of sp³-hybridized carbons (Fsp3) is 0.484. The van der Waals surface area contributed by atoms with Crippen LogP contribution in [-0.4, -0.2) is 71.0 Å². The summed E-state index contributed by atoms with van der Waals surface area (Å²) in [5.74, 6) is -1.79. The highest BCUT2D eigenvalue weighted by molar-refractivity contribution is 5.80. The largest absolute Gasteiger partial charge is 0.384 e. The van der Waals surface area contributed by atoms with Gasteiger partial charge < -0.3 is 25.2 Å². The van der Waals surface area contributed by atoms with E-state index in [4.69, 9.17) is 4.98 Å². The van der Waals surface area contributed by atoms with Crippen LogP contribution < -0.4 is 10.6 Å². The van der Waals surface area contributed by atoms with Crippen LogP contribution in [0.25, 0.3) is 11.3 Å². The van der Waals surface area contributed by atoms with Gasteiger partial charge in [0.15, 0.2) is 0 Å². The Hall–Kier alpha value is -3.21. The zero-order valence-corrected chi connectivity index (χ0v) is 24.1. The monoisotopic (exact) mass is 571 g/mol. The van der Waals surface area contributed by atoms with Crippen LogP contribution in [0, 0.1) is 23.0 Å². The van der Waals surface area contributed by atoms with Gasteiger partial charge in [-0.05, 0) is 56.1 Å². The van der Waals surface area contributed by atoms with E-state index in [2.05, 4.69) is 10.6 Å². The van der Waals surface area contributed by atoms with Gasteiger partial charge in [0.2, 0.25) is 0 Å². The molecule has 0 radical (unpaired) electrons. The summed E-state index contributed by atoms with van der Waals surface area (Å²) in [7, 11) is 1.84. The number of halogens is 3. The predicted molar refractivity (Wildman–Crippen MR) is 153 cm³/mol. The van der Waals surface area contributed by atoms with Gasteiger partial charge in [0.1, 0.15) is 29.7 Å². The van der Waals surface area contributed by atoms with Crippen molar-refractivity contribution in [3.05, 3.63) is 77.8 Å². The molecule has 0 unspecified atom stereocenters. The van der Waals surface area contributed by atoms with Crippen molar-refractivity contribution in [1.29, 1.82) is 0 Å². The van der Waals surface area contributed by atoms with Crippen LogP contribution in [-0.2, 0) is 11.3 Å². The molecule has 1 aliphatic heterocycles. The van der Waals surface area contributed by atoms with Crippen molar-refractivity contribution in [3.8, 4) is 11.3 Å². The van der Waals surface area contributed by atoms with Crippen molar-refractivity contribution in [1.82, 2.24) is 25.1 Å². The summed E-state index contributed by atoms with van der Waals surface area (Å²) in [6.45, 7) is 7.04. The minimum atomic E-state index is -1.33. The fourth-order valence-corrected chi connectivity index (χ4v) is 5.57. The number of carbonyl (C=O) groups is 1. The van der Waals surface area contributed by atoms with Crippen LogP contribution in [0.3, 0.4) is 0 Å². The van der Waals surface area contributed by atoms with E-state index in [0.29, 0.717) is 31.9 Å². The number of benzene rings is 2. The molecule has 3 aromatic rings. The molecule has 10 heteroatoms. The molecule has 0 bridgehead atoms. The van der Waals surface area contributed by atoms with Crippen molar-refractivity contribution >= 4 is 5.91 Å². The molecule has 4 rings (SSSR count). The maximum Gasteiger partial charge on any atom is 0.251 e. The summed E-state index contributed by atoms with van der Waals surface area (Å²) in [5, 5.41) is 16.7. The third-order valence-corrected chi connectivity index (χ3v) is 7.85. The average molecular weight is 572 g/mol. The lowest BCUT2D eigenvalue weighted by Gasteiger charge is -2.43. The number of aromatic nitrogens is 2. The van der Waals surface area contributed by atoms with E-state index in [9.17, 15) is 23.1 Å². The number of alkyl halides is 1. The second kappa shape index (κ2) is 13.2. The molecular formula is C31H40F3N5O2. The van der Waals surface area contributed by atoms with Gasteiger partial charge in [-0.2, -0.15) is 0 Å². The maximum absolute atomic E-state index is 15.0. The SMILES string of the molecule is CNCCC(C)(C)[C@H](c1nc(-c2cc(F)ccc2F)cn1Cc1ccccc1)N(C[C@@H]1CNC[C@@H]1F)C(=O)[C@H](C)O. The summed E-state index contributed by atoms with van der Waals surface area (Å²) in [6.07, 6.45) is -0.202. The van der Waals surface area contributed by atoms with Crippen LogP contribution in [0.5, 0.6) is 0 Å². The molecule has 0 aliphatic carbocycles. The number of rotatable bonds is 12. The van der Waals surface area contributed by atoms with Crippen molar-refractivity contribution in [3.63, 3.8) is 0 Å². The van der Waals surface area contributed by atoms with Gasteiger partial charge in [-0.15, -0.1) is 0 Å². The first-order valence-electron chi connectivity index (χ1n) is 14.1. The Kier molecular flexibility index (Phi) is 9.88. The van der Waals surface area contributed by atoms with Crippen molar-refractivity contribution < 1.29 is 23.1 Å². The Morgan fingerprint density at radius 3 is 2.59 bits per heavy atom. The summed E-state index contributed by atoms with van der Waals surface area (Å²) in [4.78, 5) is 20.1. The molecule has 41 heavy (non-hydrogen) atoms. The zero-order valence-electron chi connectivity index (χ0n) is 24.1. The third-order valence-electron chi connectivity index (χ3n) is 7.85. The van der Waals surface area contributed by atoms with E-state index in [1.54, 1.807) is 11.1 Å². The molecule has 2 aromatic carbocycles. The summed E-state index contributed by atoms with van der Waals surface area (Å²) in [6, 6.07) is 12.1. The van der Waals surface area contributed by atoms with Gasteiger partial charge in [-0.25, -0.2) is 18.2 Å². The predicted octanol–water partition coefficient (Wildman–Crippen LogP) is 4.32. The fourth-order valence-electron chi connectivity index (χ4n) is 5.57. The second-order valence-electron chi connectivity index (χ2n) is 11.6. The van der Waals surface area contributed by atoms with Gasteiger partial charge >= 0.3 is 0 Å². The Morgan fingerprint density at radius 1 is 1.22 bits per heavy atom. The smallest absolute Gasteiger partial charge is 0.251 e. The number of imidazole rings is 1. The highest BCUT2D eigenvalue weighted by Gasteiger charge is 2.43. The molecule has 3 N–H and O–H groups in total. The van der Waals surface area contributed by atoms with Crippen molar-refractivity contribution in [2.24, 2.45) is 11.3 Å². The first-order chi connectivity index (χ1) is 19.5. The number of nitrogens with one attached hydrogen (secondary N) is 2. The first-order valence-corrected chi connectivity index (χ1v) is 14.1. The lowest BCUT2D eigenvalue weighted by Crippen LogP contribution is -2.50. The van der Waals surface area contributed by atoms with Crippen LogP contribution in [0.1, 0.15) is 44.6 Å². The van der Waals surface area contributed by atoms with Gasteiger partial charge in [0, 0.05) is 43.9 Å². The molecule has 2 heterocycles. The minimum Gasteiger partial charge on any atom is -0.384 e. The van der Waals surface area contributed by atoms with Crippen LogP contribution >= 0.6 is 0 Å². The third kappa shape index (κ3) is 7.17. The Balaban J connectivity index is 1.92. The normalized spacial score (nSPS) is 18.8. The molecule has 0 spiro atoms. The van der Waals surface area contributed by atoms with Crippen molar-refractivity contribution in [2.45, 2.75) is 52.1 Å². The second-order valence-corrected chi connectivity index (χ2v) is 11.6. The van der Waals surface area contributed by atoms with Crippen molar-refractivity contribution in [2.75, 3.05) is 33.2 Å². The number of carbonyl (C=O) groups excluding carboxylic acids is 1. The van der Waals surface area contributed by atoms with E-state index in [1.807, 2.05) is 55.8 Å². The molecule has 1 amide bonds. The molecule has 4 atom stereocenters. The lowest BCUT2D eigenvalue weighted by molar-refractivity contribution is -0.146. The van der Waals surface area contributed by atoms with E-state index >= 15 is 0 Å². The van der Waals surface area contributed by atoms with E-state index in [1.165, 1.54) is 6.92 Å². The molecule has 222 valence electrons. The standard InChI is InChI=1S/C31H40F3N5O2/c1-20(40)30(41)39(18-22-15-36-16-26(22)34)28(31(2,3)12-13-35-4)29-37-27(24-14-23(32)10-11-25(24)33)19-38(29)17-21-8-6-5-7-9-21/h5-11,14,19-20,22,26,28,35-36,40H,12-13,15-18H2,1-4H3/t20-,22-,26-,28-/m0/s1. The highest BCUT2D eigenvalue weighted by Crippen LogP contribution is 2.43. The number of nitrogens with zero attached hydrogens (tertiary/aromatic N) is 3. The maximum atomic E-state index is 15.0. The number of aliphatic hydroxyl groups excluding tert-OH is 1. The van der Waals surface area contributed by atoms with Gasteiger partial charge in [-0.3, -0.25) is 4.79 Å². The topological polar surface area (TPSA) is 82.4 Å². The summed E-state index contributed by atoms with van der Waals surface area (Å²) < 4.78 is 45.9. The number of hydrogen-bond donors (Lipinski definition) is 3. The van der Waals surface area contributed by atoms with Crippen LogP contribution in [0.4, 0.5) is 13.2 Å². The van der Waals surface area contributed by atoms with Crippen LogP contribution in [0.2, 0.25) is 0 Å². The molecule has 1 fully saturated rings. The number of aliphatic hydroxyl groups is 1. The molecule has 7 nitrogen and oxygen atoms in total. The van der Waals surface area contributed by atoms with E-state index < -0.39 is 47.2 Å². The van der Waals surface area contributed by atoms with Gasteiger partial charge in [-0.1, -0.05) is 44.2 Å². The Morgan fingerprint density at radius 2 is 1.95 bits per heavy atom. The summed E-state index contributed by atoms with van der Waals surface area (Å²) >= 11 is 0. The van der Waals surface area contributed by atoms with Gasteiger partial charge in [0.25, 0.3) is 5.91 Å². The Labute approximate surface area is 239 Å². The lowest BCUT2D eigenvalue weighted by atomic mass is 9.78. The summed E-state index contributed by atoms with van der Waals surface area (Å²) in [5.41, 5.74) is 0.546. The van der Waals surface area contributed by atoms with E-state index in [0.717, 1.165) is 23.8 Å². The number of amides is 1. The average Bonchev–Trinajstić information content (AvgIpc) is 3.54. The molecule has 1 aliphatic rings. The highest BCUT2D eigenvalue weighted by atomic mass is 19.1. The zero-order chi connectivity index (χ0) is 29.7. The molecule has 0 saturated carbocycles. The van der Waals surface area contributed by atoms with Crippen LogP contribution in [0.15, 0.2) is 54.7 Å². The van der Waals surface area contributed by atoms with E-state index in [-0.39, 0.29) is 24.3 Å². The minimum absolute atomic E-state index is 0.00191. The van der Waals surface area contributed by atoms with Gasteiger partial charge in [0.05, 0.1) is 11.7 Å². The molecule has 1 aromatic heterocycles. The number of hydrogen-bond acceptors (Lipinski definition) is 5. The molecular weight excluding hydrogens is 531 g/mol. The quantitative estimate of drug-likeness (QED) is 0.302.